The van der Waals surface area contributed by atoms with Gasteiger partial charge in [-0.25, -0.2) is 4.98 Å². The zero-order valence-electron chi connectivity index (χ0n) is 6.14. The van der Waals surface area contributed by atoms with Crippen molar-refractivity contribution < 1.29 is 0 Å². The molecule has 0 saturated heterocycles. The van der Waals surface area contributed by atoms with E-state index in [1.54, 1.807) is 17.9 Å². The van der Waals surface area contributed by atoms with Crippen molar-refractivity contribution >= 4 is 24.0 Å². The summed E-state index contributed by atoms with van der Waals surface area (Å²) in [7, 11) is 0. The van der Waals surface area contributed by atoms with Gasteiger partial charge in [-0.15, -0.1) is 24.0 Å². The molecule has 0 unspecified atom stereocenters. The van der Waals surface area contributed by atoms with Crippen molar-refractivity contribution in [2.75, 3.05) is 0 Å². The highest BCUT2D eigenvalue weighted by Crippen LogP contribution is 2.27. The number of nitrogens with zero attached hydrogens (tertiary/aromatic N) is 2. The molecule has 0 aliphatic rings. The van der Waals surface area contributed by atoms with E-state index in [-0.39, 0.29) is 0 Å². The normalized spacial score (nSPS) is 10.1. The molecule has 0 saturated carbocycles. The largest absolute Gasteiger partial charge is 0.265 e. The lowest BCUT2D eigenvalue weighted by Gasteiger charge is -1.95. The molecule has 0 radical (unpaired) electrons. The molecule has 0 fully saturated rings. The van der Waals surface area contributed by atoms with Gasteiger partial charge in [-0.2, -0.15) is 0 Å². The van der Waals surface area contributed by atoms with Gasteiger partial charge in [0.2, 0.25) is 0 Å². The second-order valence-electron chi connectivity index (χ2n) is 2.24. The molecule has 0 bridgehead atoms. The lowest BCUT2D eigenvalue weighted by atomic mass is 10.2. The Balaban J connectivity index is 2.51. The predicted molar refractivity (Wildman–Crippen MR) is 52.6 cm³/mol. The summed E-state index contributed by atoms with van der Waals surface area (Å²) in [5.41, 5.74) is 3.79. The van der Waals surface area contributed by atoms with E-state index in [1.807, 2.05) is 12.1 Å². The molecule has 0 amide bonds. The molecular weight excluding hydrogens is 188 g/mol. The van der Waals surface area contributed by atoms with Crippen LogP contribution in [-0.4, -0.2) is 9.97 Å². The van der Waals surface area contributed by atoms with Crippen LogP contribution in [0.1, 0.15) is 0 Å². The number of rotatable bonds is 1. The fourth-order valence-electron chi connectivity index (χ4n) is 0.948. The SMILES string of the molecule is Sc1scnc1-c1ccncc1. The molecule has 2 aromatic rings. The molecule has 4 heteroatoms. The Morgan fingerprint density at radius 3 is 2.58 bits per heavy atom. The monoisotopic (exact) mass is 194 g/mol. The van der Waals surface area contributed by atoms with E-state index in [1.165, 1.54) is 11.3 Å². The molecule has 60 valence electrons. The molecule has 0 aromatic carbocycles. The van der Waals surface area contributed by atoms with Crippen LogP contribution in [0, 0.1) is 0 Å². The predicted octanol–water partition coefficient (Wildman–Crippen LogP) is 2.49. The van der Waals surface area contributed by atoms with Crippen LogP contribution in [0.15, 0.2) is 34.2 Å². The van der Waals surface area contributed by atoms with Crippen LogP contribution in [0.4, 0.5) is 0 Å². The summed E-state index contributed by atoms with van der Waals surface area (Å²) in [5, 5.41) is 0. The van der Waals surface area contributed by atoms with Crippen LogP contribution in [0.25, 0.3) is 11.3 Å². The minimum atomic E-state index is 0.936. The average molecular weight is 194 g/mol. The summed E-state index contributed by atoms with van der Waals surface area (Å²) in [5.74, 6) is 0. The van der Waals surface area contributed by atoms with Crippen molar-refractivity contribution in [1.29, 1.82) is 0 Å². The smallest absolute Gasteiger partial charge is 0.0947 e. The highest BCUT2D eigenvalue weighted by atomic mass is 32.2. The number of hydrogen-bond donors (Lipinski definition) is 1. The van der Waals surface area contributed by atoms with Gasteiger partial charge in [0.15, 0.2) is 0 Å². The van der Waals surface area contributed by atoms with Gasteiger partial charge in [0.05, 0.1) is 15.4 Å². The Morgan fingerprint density at radius 2 is 2.00 bits per heavy atom. The van der Waals surface area contributed by atoms with E-state index in [2.05, 4.69) is 22.6 Å². The van der Waals surface area contributed by atoms with Crippen molar-refractivity contribution in [3.8, 4) is 11.3 Å². The maximum atomic E-state index is 4.30. The summed E-state index contributed by atoms with van der Waals surface area (Å²) >= 11 is 5.83. The van der Waals surface area contributed by atoms with Gasteiger partial charge in [-0.3, -0.25) is 4.98 Å². The van der Waals surface area contributed by atoms with Gasteiger partial charge < -0.3 is 0 Å². The molecule has 12 heavy (non-hydrogen) atoms. The van der Waals surface area contributed by atoms with Gasteiger partial charge in [0.1, 0.15) is 0 Å². The maximum absolute atomic E-state index is 4.30. The molecule has 0 spiro atoms. The highest BCUT2D eigenvalue weighted by molar-refractivity contribution is 7.83. The van der Waals surface area contributed by atoms with Crippen LogP contribution in [-0.2, 0) is 0 Å². The van der Waals surface area contributed by atoms with Gasteiger partial charge in [-0.1, -0.05) is 0 Å². The lowest BCUT2D eigenvalue weighted by Crippen LogP contribution is -1.77. The molecular formula is C8H6N2S2. The summed E-state index contributed by atoms with van der Waals surface area (Å²) in [6.07, 6.45) is 3.50. The second-order valence-corrected chi connectivity index (χ2v) is 3.85. The minimum absolute atomic E-state index is 0.936. The van der Waals surface area contributed by atoms with Crippen LogP contribution in [0.2, 0.25) is 0 Å². The molecule has 2 heterocycles. The van der Waals surface area contributed by atoms with Crippen molar-refractivity contribution in [3.63, 3.8) is 0 Å². The van der Waals surface area contributed by atoms with E-state index in [0.29, 0.717) is 0 Å². The number of aromatic nitrogens is 2. The van der Waals surface area contributed by atoms with Crippen LogP contribution < -0.4 is 0 Å². The molecule has 2 nitrogen and oxygen atoms in total. The van der Waals surface area contributed by atoms with Gasteiger partial charge in [0, 0.05) is 18.0 Å². The summed E-state index contributed by atoms with van der Waals surface area (Å²) in [6.45, 7) is 0. The number of pyridine rings is 1. The summed E-state index contributed by atoms with van der Waals surface area (Å²) in [6, 6.07) is 3.85. The molecule has 2 rings (SSSR count). The second kappa shape index (κ2) is 3.25. The third-order valence-corrected chi connectivity index (χ3v) is 2.66. The van der Waals surface area contributed by atoms with E-state index in [0.717, 1.165) is 15.5 Å². The Bertz CT molecular complexity index is 370. The van der Waals surface area contributed by atoms with Crippen molar-refractivity contribution in [2.24, 2.45) is 0 Å². The standard InChI is InChI=1S/C8H6N2S2/c11-8-7(10-5-12-8)6-1-3-9-4-2-6/h1-5,11H. The van der Waals surface area contributed by atoms with Crippen LogP contribution in [0.3, 0.4) is 0 Å². The number of thiazole rings is 1. The molecule has 2 aromatic heterocycles. The maximum Gasteiger partial charge on any atom is 0.0947 e. The molecule has 0 atom stereocenters. The molecule has 0 aliphatic carbocycles. The Hall–Kier alpha value is -0.870. The van der Waals surface area contributed by atoms with E-state index < -0.39 is 0 Å². The van der Waals surface area contributed by atoms with Gasteiger partial charge in [0.25, 0.3) is 0 Å². The average Bonchev–Trinajstić information content (AvgIpc) is 2.53. The van der Waals surface area contributed by atoms with E-state index in [4.69, 9.17) is 0 Å². The van der Waals surface area contributed by atoms with Crippen molar-refractivity contribution in [3.05, 3.63) is 30.0 Å². The number of thiol groups is 1. The fourth-order valence-corrected chi connectivity index (χ4v) is 1.82. The fraction of sp³-hybridized carbons (Fsp3) is 0. The Kier molecular flexibility index (Phi) is 2.10. The Labute approximate surface area is 79.7 Å². The summed E-state index contributed by atoms with van der Waals surface area (Å²) in [4.78, 5) is 8.14. The molecule has 0 N–H and O–H groups in total. The third-order valence-electron chi connectivity index (χ3n) is 1.50. The first kappa shape index (κ1) is 7.76. The highest BCUT2D eigenvalue weighted by Gasteiger charge is 2.03. The number of hydrogen-bond acceptors (Lipinski definition) is 4. The van der Waals surface area contributed by atoms with Gasteiger partial charge >= 0.3 is 0 Å². The quantitative estimate of drug-likeness (QED) is 0.706. The zero-order chi connectivity index (χ0) is 8.39. The van der Waals surface area contributed by atoms with Crippen LogP contribution in [0.5, 0.6) is 0 Å². The minimum Gasteiger partial charge on any atom is -0.265 e. The first-order valence-electron chi connectivity index (χ1n) is 3.41. The summed E-state index contributed by atoms with van der Waals surface area (Å²) < 4.78 is 0.946. The topological polar surface area (TPSA) is 25.8 Å². The lowest BCUT2D eigenvalue weighted by molar-refractivity contribution is 1.30. The van der Waals surface area contributed by atoms with Crippen molar-refractivity contribution in [1.82, 2.24) is 9.97 Å². The zero-order valence-corrected chi connectivity index (χ0v) is 7.85. The van der Waals surface area contributed by atoms with Crippen LogP contribution >= 0.6 is 24.0 Å². The Morgan fingerprint density at radius 1 is 1.25 bits per heavy atom. The van der Waals surface area contributed by atoms with E-state index >= 15 is 0 Å². The molecule has 0 aliphatic heterocycles. The van der Waals surface area contributed by atoms with E-state index in [9.17, 15) is 0 Å². The third kappa shape index (κ3) is 1.35. The first-order chi connectivity index (χ1) is 5.88. The van der Waals surface area contributed by atoms with Gasteiger partial charge in [-0.05, 0) is 12.1 Å². The first-order valence-corrected chi connectivity index (χ1v) is 4.73. The van der Waals surface area contributed by atoms with Crippen molar-refractivity contribution in [2.45, 2.75) is 4.21 Å².